The van der Waals surface area contributed by atoms with Crippen LogP contribution in [0.15, 0.2) is 66.3 Å². The maximum absolute atomic E-state index is 13.0. The van der Waals surface area contributed by atoms with E-state index in [-0.39, 0.29) is 24.1 Å². The number of carbonyl (C=O) groups excluding carboxylic acids is 1. The summed E-state index contributed by atoms with van der Waals surface area (Å²) in [6.07, 6.45) is 2.57. The highest BCUT2D eigenvalue weighted by Gasteiger charge is 2.15. The lowest BCUT2D eigenvalue weighted by atomic mass is 10.1. The Balaban J connectivity index is 1.62. The predicted molar refractivity (Wildman–Crippen MR) is 116 cm³/mol. The fourth-order valence-corrected chi connectivity index (χ4v) is 3.56. The molecule has 156 valence electrons. The first kappa shape index (κ1) is 21.6. The van der Waals surface area contributed by atoms with Crippen molar-refractivity contribution >= 4 is 23.4 Å². The first-order valence-electron chi connectivity index (χ1n) is 9.52. The highest BCUT2D eigenvalue weighted by molar-refractivity contribution is 7.99. The van der Waals surface area contributed by atoms with Gasteiger partial charge in [0.25, 0.3) is 0 Å². The number of thioether (sulfide) groups is 1. The number of nitrogens with one attached hydrogen (secondary N) is 1. The maximum Gasteiger partial charge on any atom is 0.234 e. The van der Waals surface area contributed by atoms with Gasteiger partial charge in [0.05, 0.1) is 5.75 Å². The van der Waals surface area contributed by atoms with E-state index in [4.69, 9.17) is 4.74 Å². The van der Waals surface area contributed by atoms with Gasteiger partial charge in [0, 0.05) is 12.2 Å². The van der Waals surface area contributed by atoms with Crippen molar-refractivity contribution in [3.8, 4) is 5.75 Å². The zero-order chi connectivity index (χ0) is 21.3. The molecule has 0 saturated carbocycles. The molecular formula is C22H23FN4O2S. The van der Waals surface area contributed by atoms with E-state index in [1.165, 1.54) is 23.9 Å². The van der Waals surface area contributed by atoms with Gasteiger partial charge in [-0.15, -0.1) is 16.8 Å². The summed E-state index contributed by atoms with van der Waals surface area (Å²) < 4.78 is 20.5. The quantitative estimate of drug-likeness (QED) is 0.383. The van der Waals surface area contributed by atoms with Gasteiger partial charge >= 0.3 is 0 Å². The lowest BCUT2D eigenvalue weighted by Crippen LogP contribution is -2.16. The van der Waals surface area contributed by atoms with E-state index in [1.54, 1.807) is 18.2 Å². The van der Waals surface area contributed by atoms with Gasteiger partial charge in [-0.2, -0.15) is 0 Å². The predicted octanol–water partition coefficient (Wildman–Crippen LogP) is 4.48. The van der Waals surface area contributed by atoms with Gasteiger partial charge in [0.15, 0.2) is 11.0 Å². The summed E-state index contributed by atoms with van der Waals surface area (Å²) in [5, 5.41) is 11.9. The Morgan fingerprint density at radius 1 is 1.23 bits per heavy atom. The summed E-state index contributed by atoms with van der Waals surface area (Å²) in [5.74, 6) is 0.895. The van der Waals surface area contributed by atoms with Crippen molar-refractivity contribution in [2.45, 2.75) is 31.7 Å². The minimum atomic E-state index is -0.323. The molecule has 0 bridgehead atoms. The van der Waals surface area contributed by atoms with E-state index >= 15 is 0 Å². The average molecular weight is 427 g/mol. The van der Waals surface area contributed by atoms with Gasteiger partial charge in [-0.1, -0.05) is 43.0 Å². The SMILES string of the molecule is C=CCn1c(COc2ccc(F)cc2)nnc1SCC(=O)Nc1ccccc1CC. The van der Waals surface area contributed by atoms with Gasteiger partial charge in [-0.3, -0.25) is 9.36 Å². The van der Waals surface area contributed by atoms with Crippen molar-refractivity contribution in [1.29, 1.82) is 0 Å². The number of nitrogens with zero attached hydrogens (tertiary/aromatic N) is 3. The van der Waals surface area contributed by atoms with Gasteiger partial charge < -0.3 is 10.1 Å². The van der Waals surface area contributed by atoms with Crippen LogP contribution in [0.3, 0.4) is 0 Å². The summed E-state index contributed by atoms with van der Waals surface area (Å²) in [6.45, 7) is 6.47. The molecule has 0 aliphatic carbocycles. The van der Waals surface area contributed by atoms with Crippen LogP contribution in [0.2, 0.25) is 0 Å². The van der Waals surface area contributed by atoms with Gasteiger partial charge in [0.2, 0.25) is 5.91 Å². The minimum absolute atomic E-state index is 0.113. The first-order valence-corrected chi connectivity index (χ1v) is 10.5. The largest absolute Gasteiger partial charge is 0.486 e. The standard InChI is InChI=1S/C22H23FN4O2S/c1-3-13-27-20(14-29-18-11-9-17(23)10-12-18)25-26-22(27)30-15-21(28)24-19-8-6-5-7-16(19)4-2/h3,5-12H,1,4,13-15H2,2H3,(H,24,28). The van der Waals surface area contributed by atoms with Crippen molar-refractivity contribution in [3.05, 3.63) is 78.4 Å². The Bertz CT molecular complexity index is 1000. The second-order valence-electron chi connectivity index (χ2n) is 6.39. The normalized spacial score (nSPS) is 10.6. The van der Waals surface area contributed by atoms with Crippen LogP contribution >= 0.6 is 11.8 Å². The molecule has 0 saturated heterocycles. The molecule has 6 nitrogen and oxygen atoms in total. The Labute approximate surface area is 179 Å². The molecule has 2 aromatic carbocycles. The molecule has 8 heteroatoms. The van der Waals surface area contributed by atoms with Crippen molar-refractivity contribution in [2.24, 2.45) is 0 Å². The smallest absolute Gasteiger partial charge is 0.234 e. The average Bonchev–Trinajstić information content (AvgIpc) is 3.14. The van der Waals surface area contributed by atoms with E-state index in [0.29, 0.717) is 23.3 Å². The van der Waals surface area contributed by atoms with Crippen LogP contribution < -0.4 is 10.1 Å². The van der Waals surface area contributed by atoms with Gasteiger partial charge in [0.1, 0.15) is 18.2 Å². The lowest BCUT2D eigenvalue weighted by molar-refractivity contribution is -0.113. The van der Waals surface area contributed by atoms with Crippen LogP contribution in [-0.2, 0) is 24.4 Å². The number of benzene rings is 2. The number of halogens is 1. The Kier molecular flexibility index (Phi) is 7.62. The monoisotopic (exact) mass is 426 g/mol. The van der Waals surface area contributed by atoms with E-state index in [2.05, 4.69) is 22.1 Å². The van der Waals surface area contributed by atoms with Crippen LogP contribution in [0, 0.1) is 5.82 Å². The summed E-state index contributed by atoms with van der Waals surface area (Å²) in [4.78, 5) is 12.4. The number of para-hydroxylation sites is 1. The number of aryl methyl sites for hydroxylation is 1. The third kappa shape index (κ3) is 5.70. The Morgan fingerprint density at radius 2 is 2.00 bits per heavy atom. The number of rotatable bonds is 10. The van der Waals surface area contributed by atoms with Crippen molar-refractivity contribution in [2.75, 3.05) is 11.1 Å². The molecule has 30 heavy (non-hydrogen) atoms. The van der Waals surface area contributed by atoms with E-state index in [1.807, 2.05) is 35.8 Å². The highest BCUT2D eigenvalue weighted by Crippen LogP contribution is 2.21. The zero-order valence-electron chi connectivity index (χ0n) is 16.7. The number of amides is 1. The molecule has 0 atom stereocenters. The van der Waals surface area contributed by atoms with Crippen LogP contribution in [0.5, 0.6) is 5.75 Å². The number of aromatic nitrogens is 3. The highest BCUT2D eigenvalue weighted by atomic mass is 32.2. The van der Waals surface area contributed by atoms with Crippen molar-refractivity contribution < 1.29 is 13.9 Å². The third-order valence-electron chi connectivity index (χ3n) is 4.29. The Hall–Kier alpha value is -3.13. The molecular weight excluding hydrogens is 403 g/mol. The number of carbonyl (C=O) groups is 1. The van der Waals surface area contributed by atoms with Crippen LogP contribution in [0.1, 0.15) is 18.3 Å². The summed E-state index contributed by atoms with van der Waals surface area (Å²) >= 11 is 1.30. The molecule has 1 N–H and O–H groups in total. The molecule has 3 rings (SSSR count). The summed E-state index contributed by atoms with van der Waals surface area (Å²) in [7, 11) is 0. The third-order valence-corrected chi connectivity index (χ3v) is 5.26. The molecule has 3 aromatic rings. The molecule has 0 fully saturated rings. The van der Waals surface area contributed by atoms with Crippen LogP contribution in [-0.4, -0.2) is 26.4 Å². The number of hydrogen-bond acceptors (Lipinski definition) is 5. The van der Waals surface area contributed by atoms with E-state index in [0.717, 1.165) is 17.7 Å². The van der Waals surface area contributed by atoms with Gasteiger partial charge in [-0.05, 0) is 42.3 Å². The fourth-order valence-electron chi connectivity index (χ4n) is 2.79. The Morgan fingerprint density at radius 3 is 2.73 bits per heavy atom. The molecule has 1 amide bonds. The molecule has 0 radical (unpaired) electrons. The van der Waals surface area contributed by atoms with Crippen LogP contribution in [0.25, 0.3) is 0 Å². The van der Waals surface area contributed by atoms with Crippen LogP contribution in [0.4, 0.5) is 10.1 Å². The van der Waals surface area contributed by atoms with E-state index in [9.17, 15) is 9.18 Å². The second-order valence-corrected chi connectivity index (χ2v) is 7.33. The number of hydrogen-bond donors (Lipinski definition) is 1. The lowest BCUT2D eigenvalue weighted by Gasteiger charge is -2.10. The fraction of sp³-hybridized carbons (Fsp3) is 0.227. The summed E-state index contributed by atoms with van der Waals surface area (Å²) in [6, 6.07) is 13.5. The van der Waals surface area contributed by atoms with Crippen molar-refractivity contribution in [3.63, 3.8) is 0 Å². The zero-order valence-corrected chi connectivity index (χ0v) is 17.5. The number of allylic oxidation sites excluding steroid dienone is 1. The number of anilines is 1. The maximum atomic E-state index is 13.0. The first-order chi connectivity index (χ1) is 14.6. The molecule has 0 spiro atoms. The molecule has 1 heterocycles. The second kappa shape index (κ2) is 10.6. The van der Waals surface area contributed by atoms with E-state index < -0.39 is 0 Å². The molecule has 1 aromatic heterocycles. The molecule has 0 aliphatic rings. The molecule has 0 unspecified atom stereocenters. The minimum Gasteiger partial charge on any atom is -0.486 e. The van der Waals surface area contributed by atoms with Crippen molar-refractivity contribution in [1.82, 2.24) is 14.8 Å². The van der Waals surface area contributed by atoms with Gasteiger partial charge in [-0.25, -0.2) is 4.39 Å². The topological polar surface area (TPSA) is 69.0 Å². The number of ether oxygens (including phenoxy) is 1. The molecule has 0 aliphatic heterocycles. The summed E-state index contributed by atoms with van der Waals surface area (Å²) in [5.41, 5.74) is 1.91.